The van der Waals surface area contributed by atoms with Gasteiger partial charge in [-0.3, -0.25) is 0 Å². The monoisotopic (exact) mass is 322 g/mol. The quantitative estimate of drug-likeness (QED) is 0.919. The SMILES string of the molecule is CNC(Cc1ncnn1C(C)C)c1ccccc1Br. The van der Waals surface area contributed by atoms with Crippen molar-refractivity contribution in [3.63, 3.8) is 0 Å². The molecule has 0 radical (unpaired) electrons. The van der Waals surface area contributed by atoms with E-state index in [1.165, 1.54) is 5.56 Å². The molecule has 1 aromatic carbocycles. The second-order valence-corrected chi connectivity index (χ2v) is 5.64. The average Bonchev–Trinajstić information content (AvgIpc) is 2.85. The lowest BCUT2D eigenvalue weighted by atomic mass is 10.0. The summed E-state index contributed by atoms with van der Waals surface area (Å²) in [6.45, 7) is 4.23. The van der Waals surface area contributed by atoms with Gasteiger partial charge in [0, 0.05) is 23.0 Å². The molecule has 5 heteroatoms. The lowest BCUT2D eigenvalue weighted by Crippen LogP contribution is -2.22. The predicted molar refractivity (Wildman–Crippen MR) is 80.1 cm³/mol. The Morgan fingerprint density at radius 2 is 2.05 bits per heavy atom. The summed E-state index contributed by atoms with van der Waals surface area (Å²) in [5, 5.41) is 7.64. The van der Waals surface area contributed by atoms with E-state index in [2.05, 4.69) is 63.4 Å². The Morgan fingerprint density at radius 1 is 1.32 bits per heavy atom. The molecule has 0 saturated carbocycles. The van der Waals surface area contributed by atoms with Gasteiger partial charge in [-0.25, -0.2) is 9.67 Å². The number of hydrogen-bond donors (Lipinski definition) is 1. The minimum absolute atomic E-state index is 0.220. The minimum Gasteiger partial charge on any atom is -0.313 e. The topological polar surface area (TPSA) is 42.7 Å². The summed E-state index contributed by atoms with van der Waals surface area (Å²) in [4.78, 5) is 4.38. The summed E-state index contributed by atoms with van der Waals surface area (Å²) < 4.78 is 3.09. The fourth-order valence-electron chi connectivity index (χ4n) is 2.16. The van der Waals surface area contributed by atoms with Gasteiger partial charge >= 0.3 is 0 Å². The Hall–Kier alpha value is -1.20. The van der Waals surface area contributed by atoms with Gasteiger partial charge in [0.1, 0.15) is 12.2 Å². The normalized spacial score (nSPS) is 12.9. The number of nitrogens with zero attached hydrogens (tertiary/aromatic N) is 3. The molecule has 1 unspecified atom stereocenters. The van der Waals surface area contributed by atoms with Crippen molar-refractivity contribution in [3.05, 3.63) is 46.5 Å². The van der Waals surface area contributed by atoms with E-state index in [9.17, 15) is 0 Å². The van der Waals surface area contributed by atoms with Crippen LogP contribution < -0.4 is 5.32 Å². The summed E-state index contributed by atoms with van der Waals surface area (Å²) >= 11 is 3.61. The molecule has 0 amide bonds. The highest BCUT2D eigenvalue weighted by Gasteiger charge is 2.17. The van der Waals surface area contributed by atoms with Gasteiger partial charge in [0.2, 0.25) is 0 Å². The molecule has 102 valence electrons. The van der Waals surface area contributed by atoms with Crippen molar-refractivity contribution in [1.82, 2.24) is 20.1 Å². The molecule has 2 aromatic rings. The molecule has 2 rings (SSSR count). The van der Waals surface area contributed by atoms with Crippen LogP contribution in [-0.2, 0) is 6.42 Å². The van der Waals surface area contributed by atoms with Gasteiger partial charge < -0.3 is 5.32 Å². The van der Waals surface area contributed by atoms with Crippen molar-refractivity contribution in [3.8, 4) is 0 Å². The van der Waals surface area contributed by atoms with E-state index in [0.29, 0.717) is 6.04 Å². The number of halogens is 1. The summed E-state index contributed by atoms with van der Waals surface area (Å²) in [6, 6.07) is 8.81. The second-order valence-electron chi connectivity index (χ2n) is 4.78. The number of nitrogens with one attached hydrogen (secondary N) is 1. The molecular formula is C14H19BrN4. The highest BCUT2D eigenvalue weighted by atomic mass is 79.9. The molecule has 1 atom stereocenters. The summed E-state index contributed by atoms with van der Waals surface area (Å²) in [5.41, 5.74) is 1.24. The van der Waals surface area contributed by atoms with E-state index in [0.717, 1.165) is 16.7 Å². The number of rotatable bonds is 5. The molecular weight excluding hydrogens is 304 g/mol. The first-order valence-corrected chi connectivity index (χ1v) is 7.22. The van der Waals surface area contributed by atoms with Crippen LogP contribution in [0.4, 0.5) is 0 Å². The minimum atomic E-state index is 0.220. The Morgan fingerprint density at radius 3 is 2.68 bits per heavy atom. The van der Waals surface area contributed by atoms with Crippen molar-refractivity contribution < 1.29 is 0 Å². The van der Waals surface area contributed by atoms with Gasteiger partial charge in [-0.2, -0.15) is 5.10 Å². The highest BCUT2D eigenvalue weighted by molar-refractivity contribution is 9.10. The van der Waals surface area contributed by atoms with E-state index in [4.69, 9.17) is 0 Å². The largest absolute Gasteiger partial charge is 0.313 e. The third-order valence-corrected chi connectivity index (χ3v) is 3.87. The Labute approximate surface area is 122 Å². The Balaban J connectivity index is 2.25. The number of benzene rings is 1. The molecule has 0 spiro atoms. The zero-order valence-corrected chi connectivity index (χ0v) is 13.1. The molecule has 0 aliphatic rings. The molecule has 0 aliphatic carbocycles. The van der Waals surface area contributed by atoms with Crippen LogP contribution in [0.2, 0.25) is 0 Å². The summed E-state index contributed by atoms with van der Waals surface area (Å²) in [6.07, 6.45) is 2.44. The van der Waals surface area contributed by atoms with Crippen molar-refractivity contribution in [2.45, 2.75) is 32.4 Å². The van der Waals surface area contributed by atoms with Crippen LogP contribution in [0.3, 0.4) is 0 Å². The first-order chi connectivity index (χ1) is 9.13. The zero-order valence-electron chi connectivity index (χ0n) is 11.5. The molecule has 19 heavy (non-hydrogen) atoms. The standard InChI is InChI=1S/C14H19BrN4/c1-10(2)19-14(17-9-18-19)8-13(16-3)11-6-4-5-7-12(11)15/h4-7,9-10,13,16H,8H2,1-3H3. The van der Waals surface area contributed by atoms with Crippen LogP contribution >= 0.6 is 15.9 Å². The zero-order chi connectivity index (χ0) is 13.8. The van der Waals surface area contributed by atoms with Gasteiger partial charge in [-0.05, 0) is 32.5 Å². The van der Waals surface area contributed by atoms with Gasteiger partial charge in [0.25, 0.3) is 0 Å². The molecule has 1 aromatic heterocycles. The first kappa shape index (κ1) is 14.2. The van der Waals surface area contributed by atoms with Crippen LogP contribution in [0, 0.1) is 0 Å². The van der Waals surface area contributed by atoms with Crippen molar-refractivity contribution in [1.29, 1.82) is 0 Å². The smallest absolute Gasteiger partial charge is 0.138 e. The van der Waals surface area contributed by atoms with E-state index in [-0.39, 0.29) is 6.04 Å². The maximum Gasteiger partial charge on any atom is 0.138 e. The summed E-state index contributed by atoms with van der Waals surface area (Å²) in [5.74, 6) is 1.00. The molecule has 0 saturated heterocycles. The van der Waals surface area contributed by atoms with Crippen molar-refractivity contribution in [2.24, 2.45) is 0 Å². The van der Waals surface area contributed by atoms with E-state index < -0.39 is 0 Å². The number of likely N-dealkylation sites (N-methyl/N-ethyl adjacent to an activating group) is 1. The average molecular weight is 323 g/mol. The third-order valence-electron chi connectivity index (χ3n) is 3.15. The fraction of sp³-hybridized carbons (Fsp3) is 0.429. The van der Waals surface area contributed by atoms with Crippen molar-refractivity contribution >= 4 is 15.9 Å². The third kappa shape index (κ3) is 3.22. The molecule has 0 fully saturated rings. The number of hydrogen-bond acceptors (Lipinski definition) is 3. The lowest BCUT2D eigenvalue weighted by molar-refractivity contribution is 0.477. The fourth-order valence-corrected chi connectivity index (χ4v) is 2.72. The highest BCUT2D eigenvalue weighted by Crippen LogP contribution is 2.25. The molecule has 1 N–H and O–H groups in total. The Bertz CT molecular complexity index is 536. The Kier molecular flexibility index (Phi) is 4.71. The van der Waals surface area contributed by atoms with Crippen LogP contribution in [0.15, 0.2) is 35.1 Å². The second kappa shape index (κ2) is 6.30. The van der Waals surface area contributed by atoms with Crippen LogP contribution in [0.25, 0.3) is 0 Å². The van der Waals surface area contributed by atoms with Crippen LogP contribution in [0.1, 0.15) is 37.3 Å². The molecule has 4 nitrogen and oxygen atoms in total. The van der Waals surface area contributed by atoms with Crippen LogP contribution in [0.5, 0.6) is 0 Å². The van der Waals surface area contributed by atoms with E-state index in [1.54, 1.807) is 6.33 Å². The van der Waals surface area contributed by atoms with E-state index >= 15 is 0 Å². The van der Waals surface area contributed by atoms with Gasteiger partial charge in [-0.1, -0.05) is 34.1 Å². The predicted octanol–water partition coefficient (Wildman–Crippen LogP) is 3.12. The van der Waals surface area contributed by atoms with Gasteiger partial charge in [0.15, 0.2) is 0 Å². The van der Waals surface area contributed by atoms with Gasteiger partial charge in [0.05, 0.1) is 0 Å². The lowest BCUT2D eigenvalue weighted by Gasteiger charge is -2.19. The molecule has 1 heterocycles. The van der Waals surface area contributed by atoms with E-state index in [1.807, 2.05) is 17.8 Å². The maximum absolute atomic E-state index is 4.38. The maximum atomic E-state index is 4.38. The summed E-state index contributed by atoms with van der Waals surface area (Å²) in [7, 11) is 1.97. The molecule has 0 aliphatic heterocycles. The number of aromatic nitrogens is 3. The first-order valence-electron chi connectivity index (χ1n) is 6.43. The van der Waals surface area contributed by atoms with Gasteiger partial charge in [-0.15, -0.1) is 0 Å². The van der Waals surface area contributed by atoms with Crippen LogP contribution in [-0.4, -0.2) is 21.8 Å². The molecule has 0 bridgehead atoms. The van der Waals surface area contributed by atoms with Crippen molar-refractivity contribution in [2.75, 3.05) is 7.05 Å².